The van der Waals surface area contributed by atoms with Gasteiger partial charge in [0.25, 0.3) is 0 Å². The van der Waals surface area contributed by atoms with E-state index in [1.54, 1.807) is 12.1 Å². The first kappa shape index (κ1) is 13.0. The number of hydrogen-bond acceptors (Lipinski definition) is 2. The minimum atomic E-state index is -0.713. The van der Waals surface area contributed by atoms with Gasteiger partial charge in [-0.15, -0.1) is 11.3 Å². The highest BCUT2D eigenvalue weighted by Gasteiger charge is 2.17. The van der Waals surface area contributed by atoms with Crippen LogP contribution in [-0.2, 0) is 0 Å². The second-order valence-electron chi connectivity index (χ2n) is 3.41. The van der Waals surface area contributed by atoms with Crippen LogP contribution >= 0.6 is 38.9 Å². The molecule has 0 aliphatic heterocycles. The van der Waals surface area contributed by atoms with E-state index in [0.717, 1.165) is 12.1 Å². The van der Waals surface area contributed by atoms with Gasteiger partial charge in [-0.05, 0) is 40.2 Å². The standard InChI is InChI=1S/C11H7BrClF2NS/c12-6-4-7(14)5(3-8(6)15)11(16)9-1-2-10(13)17-9/h1-4,11H,16H2. The third-order valence-corrected chi connectivity index (χ3v) is 4.20. The number of thiophene rings is 1. The normalized spacial score (nSPS) is 12.8. The molecule has 1 aromatic heterocycles. The van der Waals surface area contributed by atoms with Crippen LogP contribution in [-0.4, -0.2) is 0 Å². The maximum absolute atomic E-state index is 13.7. The summed E-state index contributed by atoms with van der Waals surface area (Å²) in [5.41, 5.74) is 5.99. The Kier molecular flexibility index (Phi) is 3.82. The van der Waals surface area contributed by atoms with Crippen LogP contribution in [0.15, 0.2) is 28.7 Å². The second kappa shape index (κ2) is 5.02. The average molecular weight is 339 g/mol. The third kappa shape index (κ3) is 2.68. The number of halogens is 4. The summed E-state index contributed by atoms with van der Waals surface area (Å²) >= 11 is 9.94. The van der Waals surface area contributed by atoms with Crippen molar-refractivity contribution in [2.75, 3.05) is 0 Å². The predicted octanol–water partition coefficient (Wildman–Crippen LogP) is 4.49. The molecule has 1 aromatic carbocycles. The zero-order valence-electron chi connectivity index (χ0n) is 8.38. The summed E-state index contributed by atoms with van der Waals surface area (Å²) in [6.45, 7) is 0. The van der Waals surface area contributed by atoms with E-state index in [2.05, 4.69) is 15.9 Å². The van der Waals surface area contributed by atoms with Gasteiger partial charge < -0.3 is 5.73 Å². The van der Waals surface area contributed by atoms with Crippen molar-refractivity contribution in [2.24, 2.45) is 5.73 Å². The van der Waals surface area contributed by atoms with Crippen molar-refractivity contribution in [3.8, 4) is 0 Å². The molecule has 1 nitrogen and oxygen atoms in total. The first-order chi connectivity index (χ1) is 7.99. The van der Waals surface area contributed by atoms with Crippen molar-refractivity contribution in [1.29, 1.82) is 0 Å². The smallest absolute Gasteiger partial charge is 0.137 e. The quantitative estimate of drug-likeness (QED) is 0.802. The molecule has 90 valence electrons. The van der Waals surface area contributed by atoms with Crippen molar-refractivity contribution in [3.05, 3.63) is 55.1 Å². The van der Waals surface area contributed by atoms with Crippen molar-refractivity contribution >= 4 is 38.9 Å². The SMILES string of the molecule is NC(c1ccc(Cl)s1)c1cc(F)c(Br)cc1F. The van der Waals surface area contributed by atoms with Gasteiger partial charge in [-0.3, -0.25) is 0 Å². The molecule has 2 aromatic rings. The first-order valence-electron chi connectivity index (χ1n) is 4.64. The highest BCUT2D eigenvalue weighted by molar-refractivity contribution is 9.10. The molecule has 0 aliphatic carbocycles. The van der Waals surface area contributed by atoms with Crippen LogP contribution in [0.5, 0.6) is 0 Å². The Balaban J connectivity index is 2.43. The number of hydrogen-bond donors (Lipinski definition) is 1. The zero-order valence-corrected chi connectivity index (χ0v) is 11.5. The fourth-order valence-corrected chi connectivity index (χ4v) is 2.82. The number of rotatable bonds is 2. The van der Waals surface area contributed by atoms with Gasteiger partial charge in [-0.25, -0.2) is 8.78 Å². The molecule has 1 unspecified atom stereocenters. The molecule has 6 heteroatoms. The molecule has 0 bridgehead atoms. The molecular weight excluding hydrogens is 332 g/mol. The summed E-state index contributed by atoms with van der Waals surface area (Å²) in [7, 11) is 0. The lowest BCUT2D eigenvalue weighted by molar-refractivity contribution is 0.573. The maximum atomic E-state index is 13.7. The van der Waals surface area contributed by atoms with Crippen molar-refractivity contribution < 1.29 is 8.78 Å². The summed E-state index contributed by atoms with van der Waals surface area (Å²) in [6.07, 6.45) is 0. The Bertz CT molecular complexity index is 558. The summed E-state index contributed by atoms with van der Waals surface area (Å²) < 4.78 is 27.7. The Hall–Kier alpha value is -0.490. The van der Waals surface area contributed by atoms with Gasteiger partial charge in [-0.2, -0.15) is 0 Å². The van der Waals surface area contributed by atoms with E-state index in [9.17, 15) is 8.78 Å². The van der Waals surface area contributed by atoms with E-state index < -0.39 is 17.7 Å². The fourth-order valence-electron chi connectivity index (χ4n) is 1.42. The van der Waals surface area contributed by atoms with Gasteiger partial charge in [0.05, 0.1) is 14.9 Å². The zero-order chi connectivity index (χ0) is 12.6. The summed E-state index contributed by atoms with van der Waals surface area (Å²) in [5.74, 6) is -1.09. The average Bonchev–Trinajstić information content (AvgIpc) is 2.69. The van der Waals surface area contributed by atoms with E-state index in [1.807, 2.05) is 0 Å². The molecule has 0 fully saturated rings. The van der Waals surface area contributed by atoms with E-state index >= 15 is 0 Å². The Morgan fingerprint density at radius 3 is 2.53 bits per heavy atom. The van der Waals surface area contributed by atoms with Crippen LogP contribution in [0.25, 0.3) is 0 Å². The molecule has 2 rings (SSSR count). The summed E-state index contributed by atoms with van der Waals surface area (Å²) in [5, 5.41) is 0. The van der Waals surface area contributed by atoms with Crippen LogP contribution in [0.2, 0.25) is 4.34 Å². The van der Waals surface area contributed by atoms with Gasteiger partial charge in [0, 0.05) is 10.4 Å². The minimum Gasteiger partial charge on any atom is -0.320 e. The molecule has 2 N–H and O–H groups in total. The van der Waals surface area contributed by atoms with Gasteiger partial charge in [0.2, 0.25) is 0 Å². The van der Waals surface area contributed by atoms with Crippen molar-refractivity contribution in [3.63, 3.8) is 0 Å². The molecule has 1 atom stereocenters. The molecule has 0 saturated heterocycles. The molecule has 0 aliphatic rings. The Morgan fingerprint density at radius 2 is 1.94 bits per heavy atom. The molecule has 1 heterocycles. The van der Waals surface area contributed by atoms with Crippen LogP contribution in [0.3, 0.4) is 0 Å². The topological polar surface area (TPSA) is 26.0 Å². The van der Waals surface area contributed by atoms with Crippen LogP contribution in [0.4, 0.5) is 8.78 Å². The molecule has 0 radical (unpaired) electrons. The van der Waals surface area contributed by atoms with E-state index in [-0.39, 0.29) is 10.0 Å². The molecule has 0 amide bonds. The first-order valence-corrected chi connectivity index (χ1v) is 6.63. The molecular formula is C11H7BrClF2NS. The monoisotopic (exact) mass is 337 g/mol. The summed E-state index contributed by atoms with van der Waals surface area (Å²) in [4.78, 5) is 0.690. The second-order valence-corrected chi connectivity index (χ2v) is 6.01. The van der Waals surface area contributed by atoms with Gasteiger partial charge in [0.1, 0.15) is 11.6 Å². The van der Waals surface area contributed by atoms with Crippen molar-refractivity contribution in [1.82, 2.24) is 0 Å². The van der Waals surface area contributed by atoms with Crippen molar-refractivity contribution in [2.45, 2.75) is 6.04 Å². The van der Waals surface area contributed by atoms with E-state index in [0.29, 0.717) is 9.21 Å². The van der Waals surface area contributed by atoms with Gasteiger partial charge in [-0.1, -0.05) is 11.6 Å². The van der Waals surface area contributed by atoms with Gasteiger partial charge in [0.15, 0.2) is 0 Å². The maximum Gasteiger partial charge on any atom is 0.137 e. The van der Waals surface area contributed by atoms with Gasteiger partial charge >= 0.3 is 0 Å². The Morgan fingerprint density at radius 1 is 1.24 bits per heavy atom. The van der Waals surface area contributed by atoms with E-state index in [4.69, 9.17) is 17.3 Å². The third-order valence-electron chi connectivity index (χ3n) is 2.28. The Labute approximate surface area is 114 Å². The highest BCUT2D eigenvalue weighted by Crippen LogP contribution is 2.32. The largest absolute Gasteiger partial charge is 0.320 e. The predicted molar refractivity (Wildman–Crippen MR) is 69.4 cm³/mol. The minimum absolute atomic E-state index is 0.0789. The molecule has 17 heavy (non-hydrogen) atoms. The van der Waals surface area contributed by atoms with Crippen LogP contribution in [0, 0.1) is 11.6 Å². The lowest BCUT2D eigenvalue weighted by Gasteiger charge is -2.11. The van der Waals surface area contributed by atoms with Crippen LogP contribution in [0.1, 0.15) is 16.5 Å². The van der Waals surface area contributed by atoms with E-state index in [1.165, 1.54) is 11.3 Å². The highest BCUT2D eigenvalue weighted by atomic mass is 79.9. The number of nitrogens with two attached hydrogens (primary N) is 1. The molecule has 0 spiro atoms. The fraction of sp³-hybridized carbons (Fsp3) is 0.0909. The lowest BCUT2D eigenvalue weighted by atomic mass is 10.1. The number of benzene rings is 1. The van der Waals surface area contributed by atoms with Crippen LogP contribution < -0.4 is 5.73 Å². The lowest BCUT2D eigenvalue weighted by Crippen LogP contribution is -2.12. The summed E-state index contributed by atoms with van der Waals surface area (Å²) in [6, 6.07) is 4.83. The molecule has 0 saturated carbocycles.